The van der Waals surface area contributed by atoms with E-state index in [2.05, 4.69) is 15.5 Å². The van der Waals surface area contributed by atoms with Gasteiger partial charge >= 0.3 is 0 Å². The highest BCUT2D eigenvalue weighted by atomic mass is 16.5. The lowest BCUT2D eigenvalue weighted by Crippen LogP contribution is -2.57. The fourth-order valence-corrected chi connectivity index (χ4v) is 4.71. The van der Waals surface area contributed by atoms with Crippen LogP contribution in [0.5, 0.6) is 0 Å². The van der Waals surface area contributed by atoms with Crippen LogP contribution in [-0.2, 0) is 14.3 Å². The quantitative estimate of drug-likeness (QED) is 0.750. The van der Waals surface area contributed by atoms with E-state index in [4.69, 9.17) is 9.47 Å². The van der Waals surface area contributed by atoms with Crippen molar-refractivity contribution < 1.29 is 14.3 Å². The first-order valence-corrected chi connectivity index (χ1v) is 10.0. The Bertz CT molecular complexity index is 426. The van der Waals surface area contributed by atoms with Crippen molar-refractivity contribution in [3.8, 4) is 0 Å². The normalized spacial score (nSPS) is 26.9. The Morgan fingerprint density at radius 3 is 2.44 bits per heavy atom. The van der Waals surface area contributed by atoms with Crippen molar-refractivity contribution in [3.63, 3.8) is 0 Å². The van der Waals surface area contributed by atoms with Gasteiger partial charge in [0.2, 0.25) is 0 Å². The first kappa shape index (κ1) is 19.1. The summed E-state index contributed by atoms with van der Waals surface area (Å²) in [5.41, 5.74) is -0.423. The maximum Gasteiger partial charge on any atom is 0.252 e. The van der Waals surface area contributed by atoms with Crippen LogP contribution in [0, 0.1) is 5.41 Å². The van der Waals surface area contributed by atoms with E-state index >= 15 is 0 Å². The topological polar surface area (TPSA) is 62.8 Å². The predicted molar refractivity (Wildman–Crippen MR) is 97.6 cm³/mol. The zero-order valence-electron chi connectivity index (χ0n) is 15.8. The molecule has 0 radical (unpaired) electrons. The summed E-state index contributed by atoms with van der Waals surface area (Å²) in [4.78, 5) is 15.5. The van der Waals surface area contributed by atoms with Crippen LogP contribution in [-0.4, -0.2) is 76.0 Å². The molecule has 0 bridgehead atoms. The third-order valence-electron chi connectivity index (χ3n) is 6.42. The smallest absolute Gasteiger partial charge is 0.252 e. The van der Waals surface area contributed by atoms with E-state index in [0.717, 1.165) is 65.3 Å². The second-order valence-electron chi connectivity index (χ2n) is 8.08. The number of nitrogens with zero attached hydrogens (tertiary/aromatic N) is 1. The Balaban J connectivity index is 1.60. The highest BCUT2D eigenvalue weighted by molar-refractivity contribution is 5.85. The number of morpholine rings is 1. The highest BCUT2D eigenvalue weighted by Gasteiger charge is 2.41. The van der Waals surface area contributed by atoms with E-state index in [-0.39, 0.29) is 11.3 Å². The molecular formula is C19H35N3O3. The minimum absolute atomic E-state index is 0.0865. The van der Waals surface area contributed by atoms with Gasteiger partial charge in [-0.2, -0.15) is 0 Å². The molecule has 6 nitrogen and oxygen atoms in total. The van der Waals surface area contributed by atoms with Gasteiger partial charge in [0.1, 0.15) is 5.60 Å². The molecule has 6 heteroatoms. The molecule has 144 valence electrons. The second kappa shape index (κ2) is 8.80. The number of amides is 1. The van der Waals surface area contributed by atoms with Crippen LogP contribution in [0.2, 0.25) is 0 Å². The van der Waals surface area contributed by atoms with Crippen molar-refractivity contribution in [1.29, 1.82) is 0 Å². The molecule has 2 aliphatic heterocycles. The lowest BCUT2D eigenvalue weighted by atomic mass is 9.73. The number of piperidine rings is 1. The van der Waals surface area contributed by atoms with Gasteiger partial charge in [-0.3, -0.25) is 9.69 Å². The molecule has 0 spiro atoms. The van der Waals surface area contributed by atoms with Crippen molar-refractivity contribution in [2.24, 2.45) is 5.41 Å². The molecule has 2 saturated heterocycles. The van der Waals surface area contributed by atoms with Crippen LogP contribution in [0.15, 0.2) is 0 Å². The molecule has 2 heterocycles. The molecule has 1 saturated carbocycles. The van der Waals surface area contributed by atoms with Crippen LogP contribution in [0.3, 0.4) is 0 Å². The van der Waals surface area contributed by atoms with Crippen LogP contribution < -0.4 is 10.6 Å². The third kappa shape index (κ3) is 4.73. The Labute approximate surface area is 152 Å². The number of hydrogen-bond donors (Lipinski definition) is 2. The van der Waals surface area contributed by atoms with Gasteiger partial charge in [0.05, 0.1) is 13.2 Å². The second-order valence-corrected chi connectivity index (χ2v) is 8.08. The van der Waals surface area contributed by atoms with Crippen molar-refractivity contribution in [2.45, 2.75) is 50.5 Å². The summed E-state index contributed by atoms with van der Waals surface area (Å²) >= 11 is 0. The Hall–Kier alpha value is -0.690. The van der Waals surface area contributed by atoms with Gasteiger partial charge in [-0.05, 0) is 38.8 Å². The number of nitrogens with one attached hydrogen (secondary N) is 2. The van der Waals surface area contributed by atoms with Crippen molar-refractivity contribution in [3.05, 3.63) is 0 Å². The van der Waals surface area contributed by atoms with Gasteiger partial charge in [-0.1, -0.05) is 19.3 Å². The summed E-state index contributed by atoms with van der Waals surface area (Å²) < 4.78 is 11.2. The first-order valence-electron chi connectivity index (χ1n) is 10.0. The van der Waals surface area contributed by atoms with Gasteiger partial charge in [0.25, 0.3) is 5.91 Å². The molecule has 0 atom stereocenters. The molecule has 3 rings (SSSR count). The van der Waals surface area contributed by atoms with E-state index in [9.17, 15) is 4.79 Å². The lowest BCUT2D eigenvalue weighted by molar-refractivity contribution is -0.147. The average Bonchev–Trinajstić information content (AvgIpc) is 2.68. The molecule has 2 N–H and O–H groups in total. The maximum atomic E-state index is 12.9. The van der Waals surface area contributed by atoms with Crippen LogP contribution in [0.4, 0.5) is 0 Å². The van der Waals surface area contributed by atoms with Crippen molar-refractivity contribution >= 4 is 5.91 Å². The van der Waals surface area contributed by atoms with E-state index in [1.165, 1.54) is 32.1 Å². The summed E-state index contributed by atoms with van der Waals surface area (Å²) in [7, 11) is 1.68. The number of carbonyl (C=O) groups is 1. The van der Waals surface area contributed by atoms with E-state index in [1.54, 1.807) is 7.11 Å². The molecule has 3 aliphatic rings. The molecule has 1 amide bonds. The predicted octanol–water partition coefficient (Wildman–Crippen LogP) is 1.15. The summed E-state index contributed by atoms with van der Waals surface area (Å²) in [6, 6.07) is 0. The van der Waals surface area contributed by atoms with Crippen molar-refractivity contribution in [2.75, 3.05) is 59.6 Å². The molecule has 3 fully saturated rings. The largest absolute Gasteiger partial charge is 0.379 e. The zero-order valence-corrected chi connectivity index (χ0v) is 15.8. The molecule has 0 aromatic heterocycles. The van der Waals surface area contributed by atoms with Crippen LogP contribution >= 0.6 is 0 Å². The maximum absolute atomic E-state index is 12.9. The zero-order chi connectivity index (χ0) is 17.6. The Morgan fingerprint density at radius 1 is 1.12 bits per heavy atom. The minimum atomic E-state index is -0.639. The number of ether oxygens (including phenoxy) is 2. The monoisotopic (exact) mass is 353 g/mol. The minimum Gasteiger partial charge on any atom is -0.379 e. The van der Waals surface area contributed by atoms with Gasteiger partial charge < -0.3 is 20.1 Å². The SMILES string of the molecule is COC1(C(=O)NCC2(CN3CCOCC3)CCCCC2)CCNCC1. The van der Waals surface area contributed by atoms with E-state index in [0.29, 0.717) is 0 Å². The molecular weight excluding hydrogens is 318 g/mol. The number of carbonyl (C=O) groups excluding carboxylic acids is 1. The Morgan fingerprint density at radius 2 is 1.80 bits per heavy atom. The number of rotatable bonds is 6. The van der Waals surface area contributed by atoms with E-state index in [1.807, 2.05) is 0 Å². The molecule has 1 aliphatic carbocycles. The summed E-state index contributed by atoms with van der Waals surface area (Å²) in [5, 5.41) is 6.61. The van der Waals surface area contributed by atoms with Crippen LogP contribution in [0.25, 0.3) is 0 Å². The number of hydrogen-bond acceptors (Lipinski definition) is 5. The average molecular weight is 354 g/mol. The van der Waals surface area contributed by atoms with Gasteiger partial charge in [-0.15, -0.1) is 0 Å². The first-order chi connectivity index (χ1) is 12.2. The third-order valence-corrected chi connectivity index (χ3v) is 6.42. The standard InChI is InChI=1S/C19H35N3O3/c1-24-19(7-9-20-10-8-19)17(23)21-15-18(5-3-2-4-6-18)16-22-11-13-25-14-12-22/h20H,2-16H2,1H3,(H,21,23). The van der Waals surface area contributed by atoms with E-state index < -0.39 is 5.60 Å². The highest BCUT2D eigenvalue weighted by Crippen LogP contribution is 2.37. The molecule has 0 aromatic carbocycles. The fourth-order valence-electron chi connectivity index (χ4n) is 4.71. The number of methoxy groups -OCH3 is 1. The molecule has 0 unspecified atom stereocenters. The Kier molecular flexibility index (Phi) is 6.72. The van der Waals surface area contributed by atoms with Gasteiger partial charge in [0, 0.05) is 38.7 Å². The van der Waals surface area contributed by atoms with Crippen molar-refractivity contribution in [1.82, 2.24) is 15.5 Å². The van der Waals surface area contributed by atoms with Gasteiger partial charge in [-0.25, -0.2) is 0 Å². The molecule has 0 aromatic rings. The summed E-state index contributed by atoms with van der Waals surface area (Å²) in [6.45, 7) is 7.26. The van der Waals surface area contributed by atoms with Crippen LogP contribution in [0.1, 0.15) is 44.9 Å². The molecule has 25 heavy (non-hydrogen) atoms. The van der Waals surface area contributed by atoms with Gasteiger partial charge in [0.15, 0.2) is 0 Å². The summed E-state index contributed by atoms with van der Waals surface area (Å²) in [5.74, 6) is 0.0865. The lowest BCUT2D eigenvalue weighted by Gasteiger charge is -2.43. The fraction of sp³-hybridized carbons (Fsp3) is 0.947. The summed E-state index contributed by atoms with van der Waals surface area (Å²) in [6.07, 6.45) is 7.82.